The lowest BCUT2D eigenvalue weighted by atomic mass is 9.87. The van der Waals surface area contributed by atoms with Crippen molar-refractivity contribution in [3.05, 3.63) is 35.4 Å². The molecule has 0 spiro atoms. The van der Waals surface area contributed by atoms with Gasteiger partial charge >= 0.3 is 0 Å². The van der Waals surface area contributed by atoms with E-state index in [1.54, 1.807) is 6.07 Å². The lowest BCUT2D eigenvalue weighted by Crippen LogP contribution is -2.57. The molecule has 5 heteroatoms. The minimum Gasteiger partial charge on any atom is -0.391 e. The number of hydrogen-bond acceptors (Lipinski definition) is 3. The number of aliphatic hydroxyl groups is 1. The highest BCUT2D eigenvalue weighted by Gasteiger charge is 2.35. The van der Waals surface area contributed by atoms with Gasteiger partial charge in [0.05, 0.1) is 6.10 Å². The summed E-state index contributed by atoms with van der Waals surface area (Å²) in [5.41, 5.74) is 0.807. The van der Waals surface area contributed by atoms with E-state index in [9.17, 15) is 13.9 Å². The van der Waals surface area contributed by atoms with Gasteiger partial charge in [-0.05, 0) is 30.5 Å². The van der Waals surface area contributed by atoms with Gasteiger partial charge in [-0.1, -0.05) is 6.07 Å². The molecule has 1 aromatic rings. The van der Waals surface area contributed by atoms with Crippen molar-refractivity contribution in [3.63, 3.8) is 0 Å². The van der Waals surface area contributed by atoms with Crippen molar-refractivity contribution in [1.82, 2.24) is 9.80 Å². The molecule has 20 heavy (non-hydrogen) atoms. The normalized spacial score (nSPS) is 28.4. The predicted molar refractivity (Wildman–Crippen MR) is 72.2 cm³/mol. The van der Waals surface area contributed by atoms with E-state index in [-0.39, 0.29) is 6.10 Å². The Balaban J connectivity index is 1.52. The van der Waals surface area contributed by atoms with Crippen LogP contribution < -0.4 is 0 Å². The van der Waals surface area contributed by atoms with Crippen molar-refractivity contribution < 1.29 is 13.9 Å². The minimum absolute atomic E-state index is 0.159. The second-order valence-electron chi connectivity index (χ2n) is 5.77. The second-order valence-corrected chi connectivity index (χ2v) is 5.77. The van der Waals surface area contributed by atoms with E-state index in [1.807, 2.05) is 0 Å². The van der Waals surface area contributed by atoms with Crippen molar-refractivity contribution in [3.8, 4) is 0 Å². The topological polar surface area (TPSA) is 26.7 Å². The Morgan fingerprint density at radius 1 is 1.05 bits per heavy atom. The summed E-state index contributed by atoms with van der Waals surface area (Å²) in [7, 11) is 0. The maximum atomic E-state index is 13.2. The molecule has 2 atom stereocenters. The number of piperazine rings is 1. The first-order valence-electron chi connectivity index (χ1n) is 7.22. The molecule has 1 N–H and O–H groups in total. The van der Waals surface area contributed by atoms with Crippen LogP contribution in [0.3, 0.4) is 0 Å². The summed E-state index contributed by atoms with van der Waals surface area (Å²) in [5.74, 6) is -1.57. The van der Waals surface area contributed by atoms with Crippen LogP contribution >= 0.6 is 0 Å². The summed E-state index contributed by atoms with van der Waals surface area (Å²) in [6.07, 6.45) is 1.84. The van der Waals surface area contributed by atoms with Crippen LogP contribution in [-0.2, 0) is 6.54 Å². The highest BCUT2D eigenvalue weighted by molar-refractivity contribution is 5.17. The maximum absolute atomic E-state index is 13.2. The van der Waals surface area contributed by atoms with Crippen molar-refractivity contribution in [2.75, 3.05) is 26.2 Å². The molecule has 2 aliphatic rings. The Morgan fingerprint density at radius 2 is 1.80 bits per heavy atom. The zero-order valence-corrected chi connectivity index (χ0v) is 11.4. The number of benzene rings is 1. The summed E-state index contributed by atoms with van der Waals surface area (Å²) in [5, 5.41) is 9.69. The van der Waals surface area contributed by atoms with Crippen LogP contribution in [0.1, 0.15) is 18.4 Å². The van der Waals surface area contributed by atoms with E-state index in [4.69, 9.17) is 0 Å². The number of nitrogens with zero attached hydrogens (tertiary/aromatic N) is 2. The van der Waals surface area contributed by atoms with E-state index in [2.05, 4.69) is 9.80 Å². The molecule has 110 valence electrons. The van der Waals surface area contributed by atoms with Gasteiger partial charge < -0.3 is 5.11 Å². The molecule has 0 amide bonds. The third-order valence-corrected chi connectivity index (χ3v) is 4.47. The summed E-state index contributed by atoms with van der Waals surface area (Å²) in [6, 6.07) is 4.43. The number of aliphatic hydroxyl groups excluding tert-OH is 1. The minimum atomic E-state index is -0.794. The van der Waals surface area contributed by atoms with E-state index >= 15 is 0 Å². The number of hydrogen-bond donors (Lipinski definition) is 1. The zero-order valence-electron chi connectivity index (χ0n) is 11.4. The summed E-state index contributed by atoms with van der Waals surface area (Å²) in [4.78, 5) is 4.59. The van der Waals surface area contributed by atoms with Gasteiger partial charge in [0.1, 0.15) is 0 Å². The molecule has 3 rings (SSSR count). The third kappa shape index (κ3) is 2.85. The van der Waals surface area contributed by atoms with Crippen molar-refractivity contribution >= 4 is 0 Å². The summed E-state index contributed by atoms with van der Waals surface area (Å²) >= 11 is 0. The molecule has 1 heterocycles. The molecule has 0 aromatic heterocycles. The first-order valence-corrected chi connectivity index (χ1v) is 7.22. The van der Waals surface area contributed by atoms with E-state index in [0.29, 0.717) is 12.6 Å². The third-order valence-electron chi connectivity index (χ3n) is 4.47. The molecule has 1 saturated carbocycles. The Labute approximate surface area is 117 Å². The van der Waals surface area contributed by atoms with Crippen LogP contribution in [0.2, 0.25) is 0 Å². The van der Waals surface area contributed by atoms with Gasteiger partial charge in [0.25, 0.3) is 0 Å². The number of rotatable bonds is 3. The fourth-order valence-electron chi connectivity index (χ4n) is 3.04. The Bertz CT molecular complexity index is 475. The lowest BCUT2D eigenvalue weighted by Gasteiger charge is -2.45. The maximum Gasteiger partial charge on any atom is 0.159 e. The smallest absolute Gasteiger partial charge is 0.159 e. The van der Waals surface area contributed by atoms with E-state index in [1.165, 1.54) is 12.1 Å². The van der Waals surface area contributed by atoms with Crippen molar-refractivity contribution in [1.29, 1.82) is 0 Å². The van der Waals surface area contributed by atoms with Crippen LogP contribution in [0, 0.1) is 11.6 Å². The van der Waals surface area contributed by atoms with Gasteiger partial charge in [0.15, 0.2) is 11.6 Å². The standard InChI is InChI=1S/C15H20F2N2O/c16-12-2-1-11(9-13(12)17)10-18-5-7-19(8-6-18)14-3-4-15(14)20/h1-2,9,14-15,20H,3-8,10H2. The van der Waals surface area contributed by atoms with Crippen LogP contribution in [0.4, 0.5) is 8.78 Å². The predicted octanol–water partition coefficient (Wildman–Crippen LogP) is 1.61. The first kappa shape index (κ1) is 13.9. The van der Waals surface area contributed by atoms with E-state index in [0.717, 1.165) is 44.6 Å². The SMILES string of the molecule is OC1CCC1N1CCN(Cc2ccc(F)c(F)c2)CC1. The molecule has 0 bridgehead atoms. The molecule has 1 saturated heterocycles. The summed E-state index contributed by atoms with van der Waals surface area (Å²) in [6.45, 7) is 4.33. The molecule has 2 fully saturated rings. The van der Waals surface area contributed by atoms with Gasteiger partial charge in [-0.3, -0.25) is 9.80 Å². The molecular formula is C15H20F2N2O. The van der Waals surface area contributed by atoms with Gasteiger partial charge in [0, 0.05) is 38.8 Å². The zero-order chi connectivity index (χ0) is 14.1. The first-order chi connectivity index (χ1) is 9.63. The van der Waals surface area contributed by atoms with Crippen LogP contribution in [-0.4, -0.2) is 53.2 Å². The number of halogens is 2. The molecule has 1 aromatic carbocycles. The van der Waals surface area contributed by atoms with Crippen LogP contribution in [0.5, 0.6) is 0 Å². The molecule has 2 unspecified atom stereocenters. The van der Waals surface area contributed by atoms with Crippen LogP contribution in [0.15, 0.2) is 18.2 Å². The van der Waals surface area contributed by atoms with E-state index < -0.39 is 11.6 Å². The Hall–Kier alpha value is -1.04. The van der Waals surface area contributed by atoms with Gasteiger partial charge in [-0.2, -0.15) is 0 Å². The highest BCUT2D eigenvalue weighted by Crippen LogP contribution is 2.26. The second kappa shape index (κ2) is 5.76. The molecule has 3 nitrogen and oxygen atoms in total. The molecular weight excluding hydrogens is 262 g/mol. The van der Waals surface area contributed by atoms with Crippen LogP contribution in [0.25, 0.3) is 0 Å². The van der Waals surface area contributed by atoms with Gasteiger partial charge in [0.2, 0.25) is 0 Å². The Kier molecular flexibility index (Phi) is 4.01. The summed E-state index contributed by atoms with van der Waals surface area (Å²) < 4.78 is 26.0. The van der Waals surface area contributed by atoms with Gasteiger partial charge in [-0.15, -0.1) is 0 Å². The average Bonchev–Trinajstić information content (AvgIpc) is 2.43. The average molecular weight is 282 g/mol. The van der Waals surface area contributed by atoms with Crippen molar-refractivity contribution in [2.24, 2.45) is 0 Å². The molecule has 0 radical (unpaired) electrons. The molecule has 1 aliphatic heterocycles. The van der Waals surface area contributed by atoms with Crippen molar-refractivity contribution in [2.45, 2.75) is 31.5 Å². The largest absolute Gasteiger partial charge is 0.391 e. The fraction of sp³-hybridized carbons (Fsp3) is 0.600. The quantitative estimate of drug-likeness (QED) is 0.912. The lowest BCUT2D eigenvalue weighted by molar-refractivity contribution is -0.0397. The fourth-order valence-corrected chi connectivity index (χ4v) is 3.04. The van der Waals surface area contributed by atoms with Gasteiger partial charge in [-0.25, -0.2) is 8.78 Å². The Morgan fingerprint density at radius 3 is 2.35 bits per heavy atom. The monoisotopic (exact) mass is 282 g/mol. The molecule has 1 aliphatic carbocycles. The highest BCUT2D eigenvalue weighted by atomic mass is 19.2.